The van der Waals surface area contributed by atoms with Gasteiger partial charge < -0.3 is 14.2 Å². The molecule has 2 aromatic heterocycles. The molecule has 1 aliphatic heterocycles. The summed E-state index contributed by atoms with van der Waals surface area (Å²) in [5.74, 6) is 0.152. The van der Waals surface area contributed by atoms with Crippen LogP contribution in [-0.4, -0.2) is 22.1 Å². The monoisotopic (exact) mass is 440 g/mol. The summed E-state index contributed by atoms with van der Waals surface area (Å²) >= 11 is 6.05. The van der Waals surface area contributed by atoms with Gasteiger partial charge in [0.15, 0.2) is 17.1 Å². The van der Waals surface area contributed by atoms with Crippen LogP contribution in [0, 0.1) is 0 Å². The molecule has 30 heavy (non-hydrogen) atoms. The number of aromatic nitrogens is 2. The number of halogens is 4. The molecule has 0 atom stereocenters. The molecule has 1 aliphatic rings. The van der Waals surface area contributed by atoms with Crippen LogP contribution in [0.2, 0.25) is 5.02 Å². The van der Waals surface area contributed by atoms with Crippen LogP contribution in [0.1, 0.15) is 47.1 Å². The lowest BCUT2D eigenvalue weighted by atomic mass is 10.1. The Labute approximate surface area is 174 Å². The first-order valence-corrected chi connectivity index (χ1v) is 9.37. The Morgan fingerprint density at radius 1 is 1.27 bits per heavy atom. The van der Waals surface area contributed by atoms with Crippen molar-refractivity contribution in [3.63, 3.8) is 0 Å². The van der Waals surface area contributed by atoms with Crippen LogP contribution in [0.5, 0.6) is 11.5 Å². The zero-order valence-electron chi connectivity index (χ0n) is 15.9. The molecule has 0 bridgehead atoms. The van der Waals surface area contributed by atoms with Crippen LogP contribution < -0.4 is 9.47 Å². The molecule has 0 unspecified atom stereocenters. The molecule has 10 heteroatoms. The summed E-state index contributed by atoms with van der Waals surface area (Å²) in [5.41, 5.74) is 0.295. The Morgan fingerprint density at radius 2 is 2.00 bits per heavy atom. The third-order valence-corrected chi connectivity index (χ3v) is 4.91. The van der Waals surface area contributed by atoms with Gasteiger partial charge in [0.2, 0.25) is 6.79 Å². The van der Waals surface area contributed by atoms with Gasteiger partial charge in [0, 0.05) is 6.20 Å². The number of rotatable bonds is 4. The number of fused-ring (bicyclic) bond motifs is 2. The van der Waals surface area contributed by atoms with Gasteiger partial charge in [0.05, 0.1) is 27.5 Å². The van der Waals surface area contributed by atoms with Gasteiger partial charge in [0.25, 0.3) is 0 Å². The highest BCUT2D eigenvalue weighted by atomic mass is 35.5. The highest BCUT2D eigenvalue weighted by Gasteiger charge is 2.33. The minimum absolute atomic E-state index is 0.0652. The first-order valence-electron chi connectivity index (χ1n) is 8.99. The minimum atomic E-state index is -4.58. The molecule has 0 radical (unpaired) electrons. The molecule has 0 fully saturated rings. The van der Waals surface area contributed by atoms with E-state index in [2.05, 4.69) is 4.98 Å². The van der Waals surface area contributed by atoms with E-state index in [-0.39, 0.29) is 35.6 Å². The van der Waals surface area contributed by atoms with E-state index in [9.17, 15) is 18.0 Å². The molecule has 1 aromatic carbocycles. The van der Waals surface area contributed by atoms with Crippen LogP contribution in [0.4, 0.5) is 13.2 Å². The number of benzene rings is 1. The van der Waals surface area contributed by atoms with Crippen LogP contribution in [-0.2, 0) is 17.5 Å². The second kappa shape index (κ2) is 7.39. The summed E-state index contributed by atoms with van der Waals surface area (Å²) in [6, 6.07) is 5.42. The fourth-order valence-electron chi connectivity index (χ4n) is 3.17. The zero-order chi connectivity index (χ0) is 21.6. The van der Waals surface area contributed by atoms with Crippen molar-refractivity contribution in [3.05, 3.63) is 58.0 Å². The summed E-state index contributed by atoms with van der Waals surface area (Å²) < 4.78 is 56.8. The molecule has 0 spiro atoms. The van der Waals surface area contributed by atoms with Crippen molar-refractivity contribution < 1.29 is 32.2 Å². The van der Waals surface area contributed by atoms with Gasteiger partial charge >= 0.3 is 12.1 Å². The third kappa shape index (κ3) is 3.65. The van der Waals surface area contributed by atoms with Crippen molar-refractivity contribution in [1.82, 2.24) is 9.38 Å². The second-order valence-electron chi connectivity index (χ2n) is 7.01. The third-order valence-electron chi connectivity index (χ3n) is 4.63. The summed E-state index contributed by atoms with van der Waals surface area (Å²) in [6.45, 7) is 3.46. The molecule has 3 aromatic rings. The van der Waals surface area contributed by atoms with Gasteiger partial charge in [-0.15, -0.1) is 0 Å². The molecule has 158 valence electrons. The van der Waals surface area contributed by atoms with E-state index in [1.54, 1.807) is 6.07 Å². The Hall–Kier alpha value is -2.94. The lowest BCUT2D eigenvalue weighted by Gasteiger charge is -2.11. The highest BCUT2D eigenvalue weighted by Crippen LogP contribution is 2.35. The highest BCUT2D eigenvalue weighted by molar-refractivity contribution is 6.33. The first kappa shape index (κ1) is 20.3. The number of carbonyl (C=O) groups is 1. The van der Waals surface area contributed by atoms with E-state index in [4.69, 9.17) is 25.8 Å². The van der Waals surface area contributed by atoms with E-state index in [1.165, 1.54) is 16.5 Å². The number of hydrogen-bond acceptors (Lipinski definition) is 5. The van der Waals surface area contributed by atoms with E-state index < -0.39 is 17.7 Å². The fourth-order valence-corrected chi connectivity index (χ4v) is 3.42. The van der Waals surface area contributed by atoms with E-state index in [0.717, 1.165) is 12.3 Å². The number of hydrogen-bond donors (Lipinski definition) is 0. The number of alkyl halides is 3. The van der Waals surface area contributed by atoms with Gasteiger partial charge in [-0.3, -0.25) is 4.40 Å². The normalized spacial score (nSPS) is 13.3. The average molecular weight is 441 g/mol. The maximum absolute atomic E-state index is 13.2. The number of imidazole rings is 1. The SMILES string of the molecule is CC(C)c1nc2c(Cl)cc(C(F)(F)F)cn2c1COC(=O)c1ccc2c(c1)OCO2. The molecule has 0 aliphatic carbocycles. The summed E-state index contributed by atoms with van der Waals surface area (Å²) in [5, 5.41) is -0.139. The van der Waals surface area contributed by atoms with Crippen molar-refractivity contribution in [1.29, 1.82) is 0 Å². The Balaban J connectivity index is 1.68. The van der Waals surface area contributed by atoms with Gasteiger partial charge in [-0.05, 0) is 30.2 Å². The molecule has 0 amide bonds. The lowest BCUT2D eigenvalue weighted by molar-refractivity contribution is -0.137. The number of ether oxygens (including phenoxy) is 3. The van der Waals surface area contributed by atoms with Gasteiger partial charge in [-0.1, -0.05) is 25.4 Å². The molecule has 6 nitrogen and oxygen atoms in total. The summed E-state index contributed by atoms with van der Waals surface area (Å²) in [7, 11) is 0. The molecular formula is C20H16ClF3N2O4. The van der Waals surface area contributed by atoms with Crippen LogP contribution in [0.15, 0.2) is 30.5 Å². The summed E-state index contributed by atoms with van der Waals surface area (Å²) in [6.07, 6.45) is -3.68. The minimum Gasteiger partial charge on any atom is -0.456 e. The first-order chi connectivity index (χ1) is 14.1. The number of pyridine rings is 1. The molecular weight excluding hydrogens is 425 g/mol. The maximum Gasteiger partial charge on any atom is 0.417 e. The Morgan fingerprint density at radius 3 is 2.70 bits per heavy atom. The van der Waals surface area contributed by atoms with Crippen molar-refractivity contribution in [2.24, 2.45) is 0 Å². The predicted octanol–water partition coefficient (Wildman–Crippen LogP) is 5.22. The summed E-state index contributed by atoms with van der Waals surface area (Å²) in [4.78, 5) is 16.9. The van der Waals surface area contributed by atoms with Crippen molar-refractivity contribution in [3.8, 4) is 11.5 Å². The molecule has 0 saturated carbocycles. The molecule has 0 N–H and O–H groups in total. The largest absolute Gasteiger partial charge is 0.456 e. The quantitative estimate of drug-likeness (QED) is 0.521. The number of nitrogens with zero attached hydrogens (tertiary/aromatic N) is 2. The van der Waals surface area contributed by atoms with Gasteiger partial charge in [-0.25, -0.2) is 9.78 Å². The van der Waals surface area contributed by atoms with Crippen LogP contribution >= 0.6 is 11.6 Å². The Bertz CT molecular complexity index is 1140. The van der Waals surface area contributed by atoms with Gasteiger partial charge in [-0.2, -0.15) is 13.2 Å². The van der Waals surface area contributed by atoms with Crippen molar-refractivity contribution in [2.45, 2.75) is 32.5 Å². The number of esters is 1. The maximum atomic E-state index is 13.2. The van der Waals surface area contributed by atoms with E-state index in [0.29, 0.717) is 22.9 Å². The van der Waals surface area contributed by atoms with Crippen molar-refractivity contribution >= 4 is 23.2 Å². The predicted molar refractivity (Wildman–Crippen MR) is 101 cm³/mol. The standard InChI is InChI=1S/C20H16ClF3N2O4/c1-10(2)17-14(26-7-12(20(22,23)24)6-13(21)18(26)25-17)8-28-19(27)11-3-4-15-16(5-11)30-9-29-15/h3-7,10H,8-9H2,1-2H3. The van der Waals surface area contributed by atoms with Crippen LogP contribution in [0.25, 0.3) is 5.65 Å². The van der Waals surface area contributed by atoms with Gasteiger partial charge in [0.1, 0.15) is 6.61 Å². The lowest BCUT2D eigenvalue weighted by Crippen LogP contribution is -2.10. The van der Waals surface area contributed by atoms with Crippen molar-refractivity contribution in [2.75, 3.05) is 6.79 Å². The topological polar surface area (TPSA) is 62.1 Å². The number of carbonyl (C=O) groups excluding carboxylic acids is 1. The van der Waals surface area contributed by atoms with E-state index >= 15 is 0 Å². The average Bonchev–Trinajstić information content (AvgIpc) is 3.29. The molecule has 3 heterocycles. The smallest absolute Gasteiger partial charge is 0.417 e. The fraction of sp³-hybridized carbons (Fsp3) is 0.300. The molecule has 4 rings (SSSR count). The second-order valence-corrected chi connectivity index (χ2v) is 7.42. The van der Waals surface area contributed by atoms with E-state index in [1.807, 2.05) is 13.8 Å². The zero-order valence-corrected chi connectivity index (χ0v) is 16.7. The van der Waals surface area contributed by atoms with Crippen LogP contribution in [0.3, 0.4) is 0 Å². The molecule has 0 saturated heterocycles. The Kier molecular flexibility index (Phi) is 5.01.